The maximum absolute atomic E-state index is 14.1. The van der Waals surface area contributed by atoms with Gasteiger partial charge >= 0.3 is 0 Å². The summed E-state index contributed by atoms with van der Waals surface area (Å²) < 4.78 is 14.1. The van der Waals surface area contributed by atoms with E-state index in [1.165, 1.54) is 12.5 Å². The van der Waals surface area contributed by atoms with Crippen LogP contribution >= 0.6 is 11.6 Å². The average Bonchev–Trinajstić information content (AvgIpc) is 2.32. The monoisotopic (exact) mass is 284 g/mol. The highest BCUT2D eigenvalue weighted by atomic mass is 35.5. The van der Waals surface area contributed by atoms with Crippen molar-refractivity contribution in [2.45, 2.75) is 32.7 Å². The minimum atomic E-state index is -0.258. The van der Waals surface area contributed by atoms with Crippen molar-refractivity contribution in [3.05, 3.63) is 34.6 Å². The Morgan fingerprint density at radius 3 is 2.79 bits per heavy atom. The lowest BCUT2D eigenvalue weighted by atomic mass is 9.83. The van der Waals surface area contributed by atoms with Crippen LogP contribution in [0.3, 0.4) is 0 Å². The van der Waals surface area contributed by atoms with E-state index in [1.54, 1.807) is 12.1 Å². The zero-order valence-electron chi connectivity index (χ0n) is 11.6. The molecule has 1 aromatic rings. The molecule has 4 heteroatoms. The Morgan fingerprint density at radius 1 is 1.47 bits per heavy atom. The number of hydrogen-bond donors (Lipinski definition) is 1. The van der Waals surface area contributed by atoms with Crippen LogP contribution in [-0.4, -0.2) is 24.5 Å². The van der Waals surface area contributed by atoms with Crippen molar-refractivity contribution in [2.24, 2.45) is 11.1 Å². The highest BCUT2D eigenvalue weighted by Gasteiger charge is 2.32. The van der Waals surface area contributed by atoms with Gasteiger partial charge in [0.05, 0.1) is 6.04 Å². The van der Waals surface area contributed by atoms with Gasteiger partial charge in [-0.1, -0.05) is 31.5 Å². The molecule has 0 saturated carbocycles. The first kappa shape index (κ1) is 14.8. The van der Waals surface area contributed by atoms with Gasteiger partial charge in [-0.25, -0.2) is 4.39 Å². The normalized spacial score (nSPS) is 21.3. The molecular weight excluding hydrogens is 263 g/mol. The van der Waals surface area contributed by atoms with E-state index in [0.717, 1.165) is 19.5 Å². The van der Waals surface area contributed by atoms with Gasteiger partial charge in [0.2, 0.25) is 0 Å². The van der Waals surface area contributed by atoms with Crippen LogP contribution in [0.5, 0.6) is 0 Å². The second-order valence-electron chi connectivity index (χ2n) is 6.13. The van der Waals surface area contributed by atoms with Crippen LogP contribution in [0.1, 0.15) is 38.3 Å². The van der Waals surface area contributed by atoms with Crippen molar-refractivity contribution < 1.29 is 4.39 Å². The first-order valence-electron chi connectivity index (χ1n) is 6.82. The second-order valence-corrected chi connectivity index (χ2v) is 6.53. The van der Waals surface area contributed by atoms with Crippen LogP contribution in [-0.2, 0) is 0 Å². The molecule has 1 atom stereocenters. The van der Waals surface area contributed by atoms with Gasteiger partial charge in [-0.3, -0.25) is 4.90 Å². The third-order valence-electron chi connectivity index (χ3n) is 3.93. The number of nitrogens with two attached hydrogens (primary N) is 1. The van der Waals surface area contributed by atoms with Crippen molar-refractivity contribution in [2.75, 3.05) is 19.6 Å². The SMILES string of the molecule is CC1(C)CCCN(C(CN)c2c(F)cccc2Cl)C1. The number of piperidine rings is 1. The summed E-state index contributed by atoms with van der Waals surface area (Å²) >= 11 is 6.17. The predicted molar refractivity (Wildman–Crippen MR) is 77.8 cm³/mol. The Hall–Kier alpha value is -0.640. The van der Waals surface area contributed by atoms with E-state index >= 15 is 0 Å². The molecule has 106 valence electrons. The van der Waals surface area contributed by atoms with Crippen LogP contribution in [0.25, 0.3) is 0 Å². The minimum Gasteiger partial charge on any atom is -0.329 e. The summed E-state index contributed by atoms with van der Waals surface area (Å²) in [6.07, 6.45) is 2.32. The minimum absolute atomic E-state index is 0.131. The lowest BCUT2D eigenvalue weighted by Gasteiger charge is -2.42. The van der Waals surface area contributed by atoms with Crippen LogP contribution in [0, 0.1) is 11.2 Å². The van der Waals surface area contributed by atoms with Crippen molar-refractivity contribution in [3.63, 3.8) is 0 Å². The van der Waals surface area contributed by atoms with E-state index in [1.807, 2.05) is 0 Å². The van der Waals surface area contributed by atoms with Crippen LogP contribution in [0.4, 0.5) is 4.39 Å². The molecule has 2 nitrogen and oxygen atoms in total. The molecule has 2 rings (SSSR count). The average molecular weight is 285 g/mol. The van der Waals surface area contributed by atoms with Crippen LogP contribution in [0.15, 0.2) is 18.2 Å². The van der Waals surface area contributed by atoms with E-state index in [0.29, 0.717) is 17.1 Å². The van der Waals surface area contributed by atoms with Gasteiger partial charge in [-0.15, -0.1) is 0 Å². The van der Waals surface area contributed by atoms with Crippen LogP contribution in [0.2, 0.25) is 5.02 Å². The summed E-state index contributed by atoms with van der Waals surface area (Å²) in [5.74, 6) is -0.258. The zero-order chi connectivity index (χ0) is 14.0. The van der Waals surface area contributed by atoms with Gasteiger partial charge in [-0.2, -0.15) is 0 Å². The molecule has 2 N–H and O–H groups in total. The molecule has 0 bridgehead atoms. The quantitative estimate of drug-likeness (QED) is 0.919. The summed E-state index contributed by atoms with van der Waals surface area (Å²) in [6, 6.07) is 4.69. The smallest absolute Gasteiger partial charge is 0.129 e. The lowest BCUT2D eigenvalue weighted by Crippen LogP contribution is -2.44. The Morgan fingerprint density at radius 2 is 2.21 bits per heavy atom. The van der Waals surface area contributed by atoms with Crippen molar-refractivity contribution in [1.29, 1.82) is 0 Å². The number of benzene rings is 1. The molecule has 1 aliphatic rings. The van der Waals surface area contributed by atoms with E-state index in [-0.39, 0.29) is 17.3 Å². The molecule has 1 aliphatic heterocycles. The highest BCUT2D eigenvalue weighted by Crippen LogP contribution is 2.36. The highest BCUT2D eigenvalue weighted by molar-refractivity contribution is 6.31. The summed E-state index contributed by atoms with van der Waals surface area (Å²) in [6.45, 7) is 6.76. The fourth-order valence-corrected chi connectivity index (χ4v) is 3.30. The fourth-order valence-electron chi connectivity index (χ4n) is 3.01. The fraction of sp³-hybridized carbons (Fsp3) is 0.600. The maximum Gasteiger partial charge on any atom is 0.129 e. The van der Waals surface area contributed by atoms with Gasteiger partial charge in [0.1, 0.15) is 5.82 Å². The summed E-state index contributed by atoms with van der Waals surface area (Å²) in [7, 11) is 0. The van der Waals surface area contributed by atoms with Gasteiger partial charge < -0.3 is 5.73 Å². The van der Waals surface area contributed by atoms with Gasteiger partial charge in [0.15, 0.2) is 0 Å². The summed E-state index contributed by atoms with van der Waals surface area (Å²) in [5.41, 5.74) is 6.69. The number of rotatable bonds is 3. The molecule has 1 heterocycles. The van der Waals surface area contributed by atoms with Crippen molar-refractivity contribution >= 4 is 11.6 Å². The van der Waals surface area contributed by atoms with E-state index in [4.69, 9.17) is 17.3 Å². The second kappa shape index (κ2) is 5.78. The van der Waals surface area contributed by atoms with Gasteiger partial charge in [0, 0.05) is 23.7 Å². The van der Waals surface area contributed by atoms with Crippen molar-refractivity contribution in [1.82, 2.24) is 4.90 Å². The zero-order valence-corrected chi connectivity index (χ0v) is 12.4. The maximum atomic E-state index is 14.1. The largest absolute Gasteiger partial charge is 0.329 e. The first-order chi connectivity index (χ1) is 8.94. The third-order valence-corrected chi connectivity index (χ3v) is 4.26. The molecule has 1 saturated heterocycles. The molecule has 0 aromatic heterocycles. The number of halogens is 2. The van der Waals surface area contributed by atoms with Crippen LogP contribution < -0.4 is 5.73 Å². The molecule has 1 unspecified atom stereocenters. The molecule has 19 heavy (non-hydrogen) atoms. The molecule has 1 fully saturated rings. The van der Waals surface area contributed by atoms with Gasteiger partial charge in [-0.05, 0) is 36.9 Å². The standard InChI is InChI=1S/C15H22ClFN2/c1-15(2)7-4-8-19(10-15)13(9-18)14-11(16)5-3-6-12(14)17/h3,5-6,13H,4,7-10,18H2,1-2H3. The lowest BCUT2D eigenvalue weighted by molar-refractivity contribution is 0.0793. The Kier molecular flexibility index (Phi) is 4.49. The molecule has 0 radical (unpaired) electrons. The summed E-state index contributed by atoms with van der Waals surface area (Å²) in [4.78, 5) is 2.27. The molecule has 0 amide bonds. The predicted octanol–water partition coefficient (Wildman–Crippen LogP) is 3.60. The van der Waals surface area contributed by atoms with Gasteiger partial charge in [0.25, 0.3) is 0 Å². The van der Waals surface area contributed by atoms with E-state index in [9.17, 15) is 4.39 Å². The Labute approximate surface area is 119 Å². The first-order valence-corrected chi connectivity index (χ1v) is 7.20. The Bertz CT molecular complexity index is 428. The molecule has 0 spiro atoms. The topological polar surface area (TPSA) is 29.3 Å². The molecular formula is C15H22ClFN2. The number of likely N-dealkylation sites (tertiary alicyclic amines) is 1. The van der Waals surface area contributed by atoms with E-state index < -0.39 is 0 Å². The van der Waals surface area contributed by atoms with E-state index in [2.05, 4.69) is 18.7 Å². The van der Waals surface area contributed by atoms with Crippen molar-refractivity contribution in [3.8, 4) is 0 Å². The Balaban J connectivity index is 2.29. The number of nitrogens with zero attached hydrogens (tertiary/aromatic N) is 1. The molecule has 0 aliphatic carbocycles. The molecule has 1 aromatic carbocycles. The third kappa shape index (κ3) is 3.28. The number of hydrogen-bond acceptors (Lipinski definition) is 2. The summed E-state index contributed by atoms with van der Waals surface area (Å²) in [5, 5.41) is 0.471.